The Labute approximate surface area is 159 Å². The van der Waals surface area contributed by atoms with E-state index in [0.717, 1.165) is 5.56 Å². The van der Waals surface area contributed by atoms with Crippen LogP contribution in [0.1, 0.15) is 22.8 Å². The van der Waals surface area contributed by atoms with E-state index >= 15 is 0 Å². The van der Waals surface area contributed by atoms with Crippen molar-refractivity contribution in [3.8, 4) is 0 Å². The first-order valence-corrected chi connectivity index (χ1v) is 9.10. The molecule has 0 bridgehead atoms. The van der Waals surface area contributed by atoms with E-state index in [4.69, 9.17) is 4.74 Å². The number of hydrogen-bond acceptors (Lipinski definition) is 5. The zero-order chi connectivity index (χ0) is 19.3. The summed E-state index contributed by atoms with van der Waals surface area (Å²) in [5.74, 6) is -0.491. The average molecular weight is 370 g/mol. The van der Waals surface area contributed by atoms with Crippen molar-refractivity contribution in [1.29, 1.82) is 0 Å². The van der Waals surface area contributed by atoms with E-state index in [9.17, 15) is 15.1 Å². The van der Waals surface area contributed by atoms with Crippen LogP contribution in [0.15, 0.2) is 60.7 Å². The van der Waals surface area contributed by atoms with Gasteiger partial charge in [-0.05, 0) is 17.7 Å². The fraction of sp³-hybridized carbons (Fsp3) is 0.381. The second kappa shape index (κ2) is 8.63. The van der Waals surface area contributed by atoms with Crippen molar-refractivity contribution in [2.45, 2.75) is 25.7 Å². The Morgan fingerprint density at radius 2 is 1.81 bits per heavy atom. The maximum Gasteiger partial charge on any atom is 0.277 e. The summed E-state index contributed by atoms with van der Waals surface area (Å²) in [6.07, 6.45) is -1.18. The van der Waals surface area contributed by atoms with Crippen LogP contribution in [-0.4, -0.2) is 53.2 Å². The molecule has 0 saturated carbocycles. The molecule has 3 rings (SSSR count). The number of hydrogen-bond donors (Lipinski definition) is 3. The normalized spacial score (nSPS) is 24.7. The quantitative estimate of drug-likeness (QED) is 0.513. The topological polar surface area (TPSA) is 82.0 Å². The van der Waals surface area contributed by atoms with Crippen molar-refractivity contribution < 1.29 is 19.8 Å². The Hall–Kier alpha value is -2.25. The van der Waals surface area contributed by atoms with Crippen LogP contribution in [0.4, 0.5) is 0 Å². The Bertz CT molecular complexity index is 740. The second-order valence-corrected chi connectivity index (χ2v) is 7.29. The summed E-state index contributed by atoms with van der Waals surface area (Å²) in [6, 6.07) is 18.6. The van der Waals surface area contributed by atoms with Crippen LogP contribution >= 0.6 is 0 Å². The van der Waals surface area contributed by atoms with E-state index in [-0.39, 0.29) is 19.3 Å². The van der Waals surface area contributed by atoms with Gasteiger partial charge in [0, 0.05) is 24.1 Å². The van der Waals surface area contributed by atoms with Gasteiger partial charge in [-0.2, -0.15) is 0 Å². The van der Waals surface area contributed by atoms with Crippen molar-refractivity contribution in [2.75, 3.05) is 19.7 Å². The molecule has 1 saturated heterocycles. The molecule has 144 valence electrons. The monoisotopic (exact) mass is 370 g/mol. The number of nitrogens with one attached hydrogen (secondary N) is 1. The molecule has 1 fully saturated rings. The summed E-state index contributed by atoms with van der Waals surface area (Å²) in [5.41, 5.74) is 0.819. The highest BCUT2D eigenvalue weighted by Gasteiger charge is 2.47. The van der Waals surface area contributed by atoms with Crippen LogP contribution in [-0.2, 0) is 11.3 Å². The van der Waals surface area contributed by atoms with E-state index in [0.29, 0.717) is 23.7 Å². The predicted octanol–water partition coefficient (Wildman–Crippen LogP) is 2.07. The third kappa shape index (κ3) is 4.73. The van der Waals surface area contributed by atoms with Gasteiger partial charge in [-0.25, -0.2) is 5.06 Å². The Kier molecular flexibility index (Phi) is 6.23. The molecular formula is C21H26N2O4. The highest BCUT2D eigenvalue weighted by Crippen LogP contribution is 2.33. The molecule has 6 heteroatoms. The van der Waals surface area contributed by atoms with E-state index in [2.05, 4.69) is 5.32 Å². The van der Waals surface area contributed by atoms with Gasteiger partial charge in [0.1, 0.15) is 0 Å². The number of hydroxylamine groups is 2. The summed E-state index contributed by atoms with van der Waals surface area (Å²) in [4.78, 5) is 12.3. The fourth-order valence-electron chi connectivity index (χ4n) is 3.33. The minimum atomic E-state index is -0.793. The first-order chi connectivity index (χ1) is 13.0. The van der Waals surface area contributed by atoms with Gasteiger partial charge in [0.15, 0.2) is 0 Å². The molecule has 0 radical (unpaired) electrons. The van der Waals surface area contributed by atoms with Gasteiger partial charge in [-0.15, -0.1) is 0 Å². The van der Waals surface area contributed by atoms with Gasteiger partial charge in [-0.1, -0.05) is 55.5 Å². The van der Waals surface area contributed by atoms with Gasteiger partial charge in [0.25, 0.3) is 5.91 Å². The minimum absolute atomic E-state index is 0.00290. The highest BCUT2D eigenvalue weighted by atomic mass is 16.5. The number of rotatable bonds is 7. The van der Waals surface area contributed by atoms with E-state index in [1.165, 1.54) is 0 Å². The van der Waals surface area contributed by atoms with Crippen LogP contribution in [0.5, 0.6) is 0 Å². The molecule has 3 atom stereocenters. The first-order valence-electron chi connectivity index (χ1n) is 9.10. The molecule has 1 aliphatic rings. The predicted molar refractivity (Wildman–Crippen MR) is 101 cm³/mol. The maximum absolute atomic E-state index is 12.3. The molecule has 1 amide bonds. The maximum atomic E-state index is 12.3. The van der Waals surface area contributed by atoms with Crippen molar-refractivity contribution in [3.05, 3.63) is 71.8 Å². The van der Waals surface area contributed by atoms with E-state index in [1.807, 2.05) is 37.3 Å². The van der Waals surface area contributed by atoms with Gasteiger partial charge >= 0.3 is 0 Å². The fourth-order valence-corrected chi connectivity index (χ4v) is 3.33. The summed E-state index contributed by atoms with van der Waals surface area (Å²) < 4.78 is 5.74. The molecule has 1 aliphatic heterocycles. The lowest BCUT2D eigenvalue weighted by molar-refractivity contribution is -0.0940. The Morgan fingerprint density at radius 3 is 2.48 bits per heavy atom. The summed E-state index contributed by atoms with van der Waals surface area (Å²) >= 11 is 0. The second-order valence-electron chi connectivity index (χ2n) is 7.29. The molecule has 0 unspecified atom stereocenters. The average Bonchev–Trinajstić information content (AvgIpc) is 2.97. The van der Waals surface area contributed by atoms with Crippen LogP contribution < -0.4 is 5.32 Å². The standard InChI is InChI=1S/C21H26N2O4/c1-21(14-23(26)20(25)17-10-6-3-7-11-17)15-27-18(19(21)24)13-22-12-16-8-4-2-5-9-16/h2-11,18-19,22,24,26H,12-15H2,1H3/t18-,19-,21-/m1/s1. The lowest BCUT2D eigenvalue weighted by Gasteiger charge is -2.31. The lowest BCUT2D eigenvalue weighted by Crippen LogP contribution is -2.47. The third-order valence-electron chi connectivity index (χ3n) is 4.98. The Balaban J connectivity index is 1.53. The van der Waals surface area contributed by atoms with Crippen molar-refractivity contribution in [3.63, 3.8) is 0 Å². The summed E-state index contributed by atoms with van der Waals surface area (Å²) in [6.45, 7) is 3.25. The number of ether oxygens (including phenoxy) is 1. The third-order valence-corrected chi connectivity index (χ3v) is 4.98. The molecule has 27 heavy (non-hydrogen) atoms. The van der Waals surface area contributed by atoms with Crippen LogP contribution in [0.3, 0.4) is 0 Å². The molecule has 3 N–H and O–H groups in total. The van der Waals surface area contributed by atoms with Gasteiger partial charge in [0.2, 0.25) is 0 Å². The van der Waals surface area contributed by atoms with Crippen LogP contribution in [0.25, 0.3) is 0 Å². The highest BCUT2D eigenvalue weighted by molar-refractivity contribution is 5.93. The van der Waals surface area contributed by atoms with Crippen LogP contribution in [0.2, 0.25) is 0 Å². The number of benzene rings is 2. The van der Waals surface area contributed by atoms with Gasteiger partial charge < -0.3 is 15.2 Å². The SMILES string of the molecule is C[C@@]1(CN(O)C(=O)c2ccccc2)CO[C@H](CNCc2ccccc2)[C@H]1O. The molecule has 2 aromatic rings. The smallest absolute Gasteiger partial charge is 0.277 e. The first kappa shape index (κ1) is 19.5. The van der Waals surface area contributed by atoms with Crippen molar-refractivity contribution >= 4 is 5.91 Å². The summed E-state index contributed by atoms with van der Waals surface area (Å²) in [7, 11) is 0. The van der Waals surface area contributed by atoms with Crippen LogP contribution in [0, 0.1) is 5.41 Å². The van der Waals surface area contributed by atoms with Gasteiger partial charge in [-0.3, -0.25) is 10.0 Å². The molecule has 0 aromatic heterocycles. The van der Waals surface area contributed by atoms with E-state index in [1.54, 1.807) is 30.3 Å². The number of carbonyl (C=O) groups is 1. The number of amides is 1. The van der Waals surface area contributed by atoms with E-state index < -0.39 is 17.4 Å². The summed E-state index contributed by atoms with van der Waals surface area (Å²) in [5, 5.41) is 24.9. The molecule has 2 aromatic carbocycles. The molecule has 0 aliphatic carbocycles. The largest absolute Gasteiger partial charge is 0.390 e. The number of aliphatic hydroxyl groups excluding tert-OH is 1. The lowest BCUT2D eigenvalue weighted by atomic mass is 9.84. The molecule has 1 heterocycles. The zero-order valence-corrected chi connectivity index (χ0v) is 15.4. The molecule has 0 spiro atoms. The molecular weight excluding hydrogens is 344 g/mol. The number of carbonyl (C=O) groups excluding carboxylic acids is 1. The number of nitrogens with zero attached hydrogens (tertiary/aromatic N) is 1. The van der Waals surface area contributed by atoms with Crippen molar-refractivity contribution in [2.24, 2.45) is 5.41 Å². The van der Waals surface area contributed by atoms with Gasteiger partial charge in [0.05, 0.1) is 25.4 Å². The zero-order valence-electron chi connectivity index (χ0n) is 15.4. The Morgan fingerprint density at radius 1 is 1.19 bits per heavy atom. The molecule has 6 nitrogen and oxygen atoms in total. The minimum Gasteiger partial charge on any atom is -0.390 e. The van der Waals surface area contributed by atoms with Crippen molar-refractivity contribution in [1.82, 2.24) is 10.4 Å². The number of aliphatic hydroxyl groups is 1.